The molecule has 1 amide bonds. The third kappa shape index (κ3) is 5.53. The van der Waals surface area contributed by atoms with E-state index in [1.807, 2.05) is 12.1 Å². The summed E-state index contributed by atoms with van der Waals surface area (Å²) >= 11 is 5.80. The van der Waals surface area contributed by atoms with Gasteiger partial charge in [-0.05, 0) is 24.3 Å². The number of carbonyl (C=O) groups is 1. The second kappa shape index (κ2) is 8.22. The number of morpholine rings is 1. The SMILES string of the molecule is CN(CCOc1ccc(Cl)cc1)C(=O)CC1CNCCO1. The lowest BCUT2D eigenvalue weighted by Gasteiger charge is -2.25. The van der Waals surface area contributed by atoms with Gasteiger partial charge in [-0.1, -0.05) is 11.6 Å². The number of rotatable bonds is 6. The summed E-state index contributed by atoms with van der Waals surface area (Å²) in [6, 6.07) is 7.18. The normalized spacial score (nSPS) is 18.3. The monoisotopic (exact) mass is 312 g/mol. The Balaban J connectivity index is 1.67. The Hall–Kier alpha value is -1.30. The molecule has 1 aliphatic rings. The van der Waals surface area contributed by atoms with E-state index in [4.69, 9.17) is 21.1 Å². The zero-order valence-electron chi connectivity index (χ0n) is 12.2. The van der Waals surface area contributed by atoms with Crippen LogP contribution in [0.15, 0.2) is 24.3 Å². The Kier molecular flexibility index (Phi) is 6.29. The van der Waals surface area contributed by atoms with E-state index < -0.39 is 0 Å². The number of hydrogen-bond donors (Lipinski definition) is 1. The average Bonchev–Trinajstić information content (AvgIpc) is 2.50. The van der Waals surface area contributed by atoms with Crippen molar-refractivity contribution in [3.05, 3.63) is 29.3 Å². The summed E-state index contributed by atoms with van der Waals surface area (Å²) in [5.74, 6) is 0.823. The summed E-state index contributed by atoms with van der Waals surface area (Å²) < 4.78 is 11.1. The van der Waals surface area contributed by atoms with Crippen LogP contribution in [0, 0.1) is 0 Å². The number of likely N-dealkylation sites (N-methyl/N-ethyl adjacent to an activating group) is 1. The summed E-state index contributed by atoms with van der Waals surface area (Å²) in [6.45, 7) is 3.26. The van der Waals surface area contributed by atoms with Crippen molar-refractivity contribution in [2.75, 3.05) is 39.9 Å². The van der Waals surface area contributed by atoms with E-state index in [9.17, 15) is 4.79 Å². The molecule has 0 saturated carbocycles. The Labute approximate surface area is 130 Å². The highest BCUT2D eigenvalue weighted by molar-refractivity contribution is 6.30. The fraction of sp³-hybridized carbons (Fsp3) is 0.533. The Morgan fingerprint density at radius 2 is 2.24 bits per heavy atom. The molecule has 1 N–H and O–H groups in total. The van der Waals surface area contributed by atoms with Crippen molar-refractivity contribution in [1.29, 1.82) is 0 Å². The molecule has 1 aromatic carbocycles. The lowest BCUT2D eigenvalue weighted by Crippen LogP contribution is -2.42. The van der Waals surface area contributed by atoms with Crippen molar-refractivity contribution in [3.63, 3.8) is 0 Å². The number of amides is 1. The molecule has 1 saturated heterocycles. The number of halogens is 1. The summed E-state index contributed by atoms with van der Waals surface area (Å²) in [4.78, 5) is 13.7. The largest absolute Gasteiger partial charge is 0.492 e. The first-order valence-corrected chi connectivity index (χ1v) is 7.47. The van der Waals surface area contributed by atoms with Gasteiger partial charge in [0.1, 0.15) is 12.4 Å². The molecule has 6 heteroatoms. The van der Waals surface area contributed by atoms with Crippen LogP contribution >= 0.6 is 11.6 Å². The summed E-state index contributed by atoms with van der Waals surface area (Å²) in [7, 11) is 1.78. The zero-order valence-corrected chi connectivity index (χ0v) is 12.9. The second-order valence-electron chi connectivity index (χ2n) is 5.02. The number of benzene rings is 1. The molecule has 5 nitrogen and oxygen atoms in total. The number of carbonyl (C=O) groups excluding carboxylic acids is 1. The van der Waals surface area contributed by atoms with Crippen LogP contribution in [0.3, 0.4) is 0 Å². The van der Waals surface area contributed by atoms with E-state index in [0.29, 0.717) is 31.2 Å². The Morgan fingerprint density at radius 3 is 2.90 bits per heavy atom. The number of ether oxygens (including phenoxy) is 2. The lowest BCUT2D eigenvalue weighted by molar-refractivity contribution is -0.133. The molecule has 0 bridgehead atoms. The topological polar surface area (TPSA) is 50.8 Å². The Morgan fingerprint density at radius 1 is 1.48 bits per heavy atom. The van der Waals surface area contributed by atoms with Gasteiger partial charge < -0.3 is 19.7 Å². The molecule has 0 spiro atoms. The molecule has 0 aromatic heterocycles. The number of nitrogens with zero attached hydrogens (tertiary/aromatic N) is 1. The summed E-state index contributed by atoms with van der Waals surface area (Å²) in [5, 5.41) is 3.89. The fourth-order valence-electron chi connectivity index (χ4n) is 2.06. The molecular formula is C15H21ClN2O3. The van der Waals surface area contributed by atoms with Gasteiger partial charge >= 0.3 is 0 Å². The minimum atomic E-state index is -0.0223. The van der Waals surface area contributed by atoms with Crippen molar-refractivity contribution in [1.82, 2.24) is 10.2 Å². The van der Waals surface area contributed by atoms with Crippen LogP contribution < -0.4 is 10.1 Å². The van der Waals surface area contributed by atoms with Gasteiger partial charge in [-0.3, -0.25) is 4.79 Å². The second-order valence-corrected chi connectivity index (χ2v) is 5.46. The van der Waals surface area contributed by atoms with E-state index in [1.165, 1.54) is 0 Å². The van der Waals surface area contributed by atoms with Gasteiger partial charge in [0.25, 0.3) is 0 Å². The molecule has 1 fully saturated rings. The summed E-state index contributed by atoms with van der Waals surface area (Å²) in [5.41, 5.74) is 0. The number of nitrogens with one attached hydrogen (secondary N) is 1. The molecule has 1 aliphatic heterocycles. The first-order chi connectivity index (χ1) is 10.1. The van der Waals surface area contributed by atoms with Crippen molar-refractivity contribution in [3.8, 4) is 5.75 Å². The van der Waals surface area contributed by atoms with Gasteiger partial charge in [0.15, 0.2) is 0 Å². The van der Waals surface area contributed by atoms with E-state index in [1.54, 1.807) is 24.1 Å². The van der Waals surface area contributed by atoms with Crippen molar-refractivity contribution >= 4 is 17.5 Å². The molecular weight excluding hydrogens is 292 g/mol. The third-order valence-electron chi connectivity index (χ3n) is 3.34. The highest BCUT2D eigenvalue weighted by Gasteiger charge is 2.19. The van der Waals surface area contributed by atoms with Crippen LogP contribution in [0.4, 0.5) is 0 Å². The summed E-state index contributed by atoms with van der Waals surface area (Å²) in [6.07, 6.45) is 0.385. The minimum Gasteiger partial charge on any atom is -0.492 e. The van der Waals surface area contributed by atoms with Gasteiger partial charge in [0, 0.05) is 25.2 Å². The van der Waals surface area contributed by atoms with Crippen LogP contribution in [0.1, 0.15) is 6.42 Å². The number of hydrogen-bond acceptors (Lipinski definition) is 4. The van der Waals surface area contributed by atoms with Crippen LogP contribution in [0.2, 0.25) is 5.02 Å². The standard InChI is InChI=1S/C15H21ClN2O3/c1-18(15(19)10-14-11-17-6-8-20-14)7-9-21-13-4-2-12(16)3-5-13/h2-5,14,17H,6-11H2,1H3. The fourth-order valence-corrected chi connectivity index (χ4v) is 2.18. The van der Waals surface area contributed by atoms with E-state index >= 15 is 0 Å². The lowest BCUT2D eigenvalue weighted by atomic mass is 10.2. The molecule has 116 valence electrons. The first kappa shape index (κ1) is 16.1. The van der Waals surface area contributed by atoms with Crippen molar-refractivity contribution < 1.29 is 14.3 Å². The highest BCUT2D eigenvalue weighted by Crippen LogP contribution is 2.15. The molecule has 1 unspecified atom stereocenters. The van der Waals surface area contributed by atoms with Crippen molar-refractivity contribution in [2.45, 2.75) is 12.5 Å². The predicted octanol–water partition coefficient (Wildman–Crippen LogP) is 1.56. The molecule has 1 heterocycles. The maximum Gasteiger partial charge on any atom is 0.225 e. The quantitative estimate of drug-likeness (QED) is 0.866. The van der Waals surface area contributed by atoms with E-state index in [-0.39, 0.29) is 12.0 Å². The molecule has 1 aromatic rings. The maximum absolute atomic E-state index is 12.0. The van der Waals surface area contributed by atoms with Crippen LogP contribution in [-0.4, -0.2) is 56.8 Å². The van der Waals surface area contributed by atoms with Gasteiger partial charge in [-0.25, -0.2) is 0 Å². The zero-order chi connectivity index (χ0) is 15.1. The molecule has 2 rings (SSSR count). The predicted molar refractivity (Wildman–Crippen MR) is 81.8 cm³/mol. The van der Waals surface area contributed by atoms with E-state index in [0.717, 1.165) is 18.8 Å². The minimum absolute atomic E-state index is 0.0223. The van der Waals surface area contributed by atoms with Crippen LogP contribution in [-0.2, 0) is 9.53 Å². The maximum atomic E-state index is 12.0. The first-order valence-electron chi connectivity index (χ1n) is 7.10. The third-order valence-corrected chi connectivity index (χ3v) is 3.59. The average molecular weight is 313 g/mol. The van der Waals surface area contributed by atoms with Crippen LogP contribution in [0.25, 0.3) is 0 Å². The smallest absolute Gasteiger partial charge is 0.225 e. The van der Waals surface area contributed by atoms with Gasteiger partial charge in [0.2, 0.25) is 5.91 Å². The Bertz CT molecular complexity index is 447. The van der Waals surface area contributed by atoms with E-state index in [2.05, 4.69) is 5.32 Å². The van der Waals surface area contributed by atoms with Crippen LogP contribution in [0.5, 0.6) is 5.75 Å². The highest BCUT2D eigenvalue weighted by atomic mass is 35.5. The van der Waals surface area contributed by atoms with Gasteiger partial charge in [-0.2, -0.15) is 0 Å². The van der Waals surface area contributed by atoms with Crippen molar-refractivity contribution in [2.24, 2.45) is 0 Å². The molecule has 1 atom stereocenters. The van der Waals surface area contributed by atoms with Gasteiger partial charge in [-0.15, -0.1) is 0 Å². The molecule has 0 aliphatic carbocycles. The van der Waals surface area contributed by atoms with Gasteiger partial charge in [0.05, 0.1) is 25.7 Å². The molecule has 21 heavy (non-hydrogen) atoms. The molecule has 0 radical (unpaired) electrons.